The van der Waals surface area contributed by atoms with Crippen molar-refractivity contribution in [3.63, 3.8) is 0 Å². The lowest BCUT2D eigenvalue weighted by atomic mass is 9.50. The van der Waals surface area contributed by atoms with E-state index in [0.29, 0.717) is 71.2 Å². The maximum atomic E-state index is 12.5. The number of H-pyrrole nitrogens is 5. The summed E-state index contributed by atoms with van der Waals surface area (Å²) in [4.78, 5) is 53.1. The minimum absolute atomic E-state index is 0.0770. The second kappa shape index (κ2) is 34.6. The van der Waals surface area contributed by atoms with Gasteiger partial charge in [0.2, 0.25) is 29.1 Å². The normalized spacial score (nSPS) is 19.2. The van der Waals surface area contributed by atoms with Crippen LogP contribution in [0.1, 0.15) is 150 Å². The number of tetrazole rings is 5. The lowest BCUT2D eigenvalue weighted by Gasteiger charge is -2.56. The molecule has 100 heavy (non-hydrogen) atoms. The molecule has 5 aromatic heterocycles. The maximum absolute atomic E-state index is 12.5. The van der Waals surface area contributed by atoms with Gasteiger partial charge in [-0.05, 0) is 215 Å². The van der Waals surface area contributed by atoms with Crippen molar-refractivity contribution in [2.24, 2.45) is 23.2 Å². The highest BCUT2D eigenvalue weighted by Crippen LogP contribution is 2.60. The largest absolute Gasteiger partial charge is 0.462 e. The molecule has 2 aliphatic heterocycles. The SMILES string of the molecule is Cc1ccc(-c2nn[nH]n2)cc1.O=C(OC1CCCCC1)c1ccc(-c2nn[nH]n2)cc1.O=C(OCC12CC3CC(CC(C3)C1)C2)c1ccc(-c2nn[nH]n2)cc1.O=C(OCCN1CCCC1)c1ccc(-c2nn[nH]n2)cc1.O=C(OCCN1CCCCC1)c1ccc(-c2nn[nH]n2)cc1. The van der Waals surface area contributed by atoms with Gasteiger partial charge in [0.1, 0.15) is 19.3 Å². The van der Waals surface area contributed by atoms with Gasteiger partial charge in [-0.2, -0.15) is 26.1 Å². The fourth-order valence-corrected chi connectivity index (χ4v) is 14.2. The molecule has 30 heteroatoms. The number of aromatic amines is 5. The first-order chi connectivity index (χ1) is 49.0. The van der Waals surface area contributed by atoms with E-state index in [-0.39, 0.29) is 35.4 Å². The Labute approximate surface area is 576 Å². The molecular formula is C70H82N22O8. The molecule has 5 aliphatic carbocycles. The number of carbonyl (C=O) groups excluding carboxylic acids is 4. The molecule has 5 aromatic carbocycles. The Morgan fingerprint density at radius 3 is 1.02 bits per heavy atom. The predicted octanol–water partition coefficient (Wildman–Crippen LogP) is 9.40. The van der Waals surface area contributed by atoms with Gasteiger partial charge in [-0.3, -0.25) is 9.80 Å². The Bertz CT molecular complexity index is 4040. The molecular weight excluding hydrogens is 1280 g/mol. The minimum Gasteiger partial charge on any atom is -0.462 e. The van der Waals surface area contributed by atoms with E-state index in [9.17, 15) is 19.2 Å². The topological polar surface area (TPSA) is 384 Å². The quantitative estimate of drug-likeness (QED) is 0.0394. The number of aryl methyl sites for hydroxylation is 1. The van der Waals surface area contributed by atoms with Crippen LogP contribution >= 0.6 is 0 Å². The Hall–Kier alpha value is -10.8. The van der Waals surface area contributed by atoms with E-state index in [2.05, 4.69) is 113 Å². The summed E-state index contributed by atoms with van der Waals surface area (Å²) in [7, 11) is 0. The number of rotatable bonds is 18. The molecule has 5 saturated carbocycles. The van der Waals surface area contributed by atoms with E-state index < -0.39 is 0 Å². The first kappa shape index (κ1) is 69.2. The zero-order valence-electron chi connectivity index (χ0n) is 55.9. The number of aromatic nitrogens is 20. The molecule has 17 rings (SSSR count). The van der Waals surface area contributed by atoms with Gasteiger partial charge in [0.05, 0.1) is 28.9 Å². The van der Waals surface area contributed by atoms with Crippen LogP contribution < -0.4 is 0 Å². The van der Waals surface area contributed by atoms with Crippen molar-refractivity contribution in [3.05, 3.63) is 149 Å². The average Bonchev–Trinajstić information content (AvgIpc) is 1.54. The number of nitrogens with one attached hydrogen (secondary N) is 5. The fourth-order valence-electron chi connectivity index (χ4n) is 14.2. The molecule has 7 heterocycles. The highest BCUT2D eigenvalue weighted by molar-refractivity contribution is 5.91. The van der Waals surface area contributed by atoms with Gasteiger partial charge in [-0.15, -0.1) is 51.0 Å². The van der Waals surface area contributed by atoms with Crippen LogP contribution in [0.5, 0.6) is 0 Å². The molecule has 0 atom stereocenters. The molecule has 520 valence electrons. The molecule has 0 spiro atoms. The summed E-state index contributed by atoms with van der Waals surface area (Å²) in [5.74, 6) is 4.23. The van der Waals surface area contributed by atoms with Gasteiger partial charge >= 0.3 is 23.9 Å². The third kappa shape index (κ3) is 19.5. The smallest absolute Gasteiger partial charge is 0.338 e. The monoisotopic (exact) mass is 1360 g/mol. The Balaban J connectivity index is 0.000000120. The van der Waals surface area contributed by atoms with Gasteiger partial charge < -0.3 is 18.9 Å². The highest BCUT2D eigenvalue weighted by Gasteiger charge is 2.51. The van der Waals surface area contributed by atoms with Crippen molar-refractivity contribution >= 4 is 23.9 Å². The summed E-state index contributed by atoms with van der Waals surface area (Å²) in [5.41, 5.74) is 7.91. The molecule has 2 saturated heterocycles. The van der Waals surface area contributed by atoms with E-state index >= 15 is 0 Å². The summed E-state index contributed by atoms with van der Waals surface area (Å²) in [6.07, 6.45) is 19.8. The van der Waals surface area contributed by atoms with E-state index in [4.69, 9.17) is 18.9 Å². The number of esters is 4. The number of nitrogens with zero attached hydrogens (tertiary/aromatic N) is 17. The zero-order chi connectivity index (χ0) is 68.7. The number of carbonyl (C=O) groups is 4. The molecule has 0 amide bonds. The highest BCUT2D eigenvalue weighted by atomic mass is 16.5. The summed E-state index contributed by atoms with van der Waals surface area (Å²) < 4.78 is 21.9. The molecule has 7 aliphatic rings. The number of hydrogen-bond donors (Lipinski definition) is 5. The maximum Gasteiger partial charge on any atom is 0.338 e. The lowest BCUT2D eigenvalue weighted by Crippen LogP contribution is -2.48. The lowest BCUT2D eigenvalue weighted by molar-refractivity contribution is -0.0848. The summed E-state index contributed by atoms with van der Waals surface area (Å²) in [6.45, 7) is 9.56. The van der Waals surface area contributed by atoms with Gasteiger partial charge in [0.15, 0.2) is 0 Å². The van der Waals surface area contributed by atoms with E-state index in [1.807, 2.05) is 43.3 Å². The van der Waals surface area contributed by atoms with Crippen molar-refractivity contribution in [3.8, 4) is 56.9 Å². The minimum atomic E-state index is -0.297. The number of hydrogen-bond acceptors (Lipinski definition) is 25. The van der Waals surface area contributed by atoms with Gasteiger partial charge in [0, 0.05) is 46.3 Å². The van der Waals surface area contributed by atoms with Crippen molar-refractivity contribution in [1.29, 1.82) is 0 Å². The fraction of sp³-hybridized carbons (Fsp3) is 0.443. The molecule has 10 aromatic rings. The summed E-state index contributed by atoms with van der Waals surface area (Å²) in [6, 6.07) is 36.2. The van der Waals surface area contributed by atoms with Crippen LogP contribution in [0.4, 0.5) is 0 Å². The number of likely N-dealkylation sites (tertiary alicyclic amines) is 2. The average molecular weight is 1360 g/mol. The Morgan fingerprint density at radius 1 is 0.390 bits per heavy atom. The summed E-state index contributed by atoms with van der Waals surface area (Å²) in [5, 5.41) is 68.5. The predicted molar refractivity (Wildman–Crippen MR) is 363 cm³/mol. The molecule has 30 nitrogen and oxygen atoms in total. The van der Waals surface area contributed by atoms with Crippen molar-refractivity contribution in [2.75, 3.05) is 59.1 Å². The van der Waals surface area contributed by atoms with Crippen LogP contribution in [0.3, 0.4) is 0 Å². The first-order valence-electron chi connectivity index (χ1n) is 34.4. The molecule has 5 N–H and O–H groups in total. The van der Waals surface area contributed by atoms with E-state index in [0.717, 1.165) is 111 Å². The zero-order valence-corrected chi connectivity index (χ0v) is 55.9. The third-order valence-electron chi connectivity index (χ3n) is 19.0. The van der Waals surface area contributed by atoms with Crippen LogP contribution in [0.2, 0.25) is 0 Å². The van der Waals surface area contributed by atoms with Crippen LogP contribution in [0, 0.1) is 30.1 Å². The number of ether oxygens (including phenoxy) is 4. The second-order valence-electron chi connectivity index (χ2n) is 26.2. The van der Waals surface area contributed by atoms with Crippen LogP contribution in [0.15, 0.2) is 121 Å². The van der Waals surface area contributed by atoms with Crippen molar-refractivity contribution < 1.29 is 38.1 Å². The Kier molecular flexibility index (Phi) is 24.0. The number of piperidine rings is 1. The van der Waals surface area contributed by atoms with Crippen molar-refractivity contribution in [1.82, 2.24) is 113 Å². The molecule has 7 fully saturated rings. The van der Waals surface area contributed by atoms with Crippen LogP contribution in [0.25, 0.3) is 56.9 Å². The first-order valence-corrected chi connectivity index (χ1v) is 34.4. The molecule has 0 unspecified atom stereocenters. The van der Waals surface area contributed by atoms with E-state index in [1.54, 1.807) is 84.9 Å². The van der Waals surface area contributed by atoms with Gasteiger partial charge in [-0.1, -0.05) is 91.2 Å². The van der Waals surface area contributed by atoms with Gasteiger partial charge in [-0.25, -0.2) is 19.2 Å². The molecule has 0 radical (unpaired) electrons. The Morgan fingerprint density at radius 2 is 0.690 bits per heavy atom. The molecule has 4 bridgehead atoms. The van der Waals surface area contributed by atoms with Crippen molar-refractivity contribution in [2.45, 2.75) is 116 Å². The van der Waals surface area contributed by atoms with Crippen LogP contribution in [-0.4, -0.2) is 202 Å². The standard InChI is InChI=1S/C19H22N4O2.C15H19N5O2.C14H17N5O2.C14H16N4O2.C8H8N4/c24-18(16-3-1-15(2-4-16)17-20-22-23-21-17)25-11-19-8-12-5-13(9-19)7-14(6-12)10-19;21-15(22-11-10-20-8-2-1-3-9-20)13-6-4-12(5-7-13)14-16-18-19-17-14;20-14(21-10-9-19-7-1-2-8-19)12-5-3-11(4-6-12)13-15-17-18-16-13;19-14(20-12-4-2-1-3-5-12)11-8-6-10(7-9-11)13-15-17-18-16-13;1-6-2-4-7(5-3-6)8-9-11-12-10-8/h1-4,12-14H,5-11H2,(H,20,21,22,23);4-7H,1-3,8-11H2,(H,16,17,18,19);3-6H,1-2,7-10H2,(H,15,16,17,18);6-9,12H,1-5H2,(H,15,16,17,18);2-5H,1H3,(H,9,10,11,12). The van der Waals surface area contributed by atoms with Gasteiger partial charge in [0.25, 0.3) is 0 Å². The van der Waals surface area contributed by atoms with Crippen LogP contribution in [-0.2, 0) is 18.9 Å². The summed E-state index contributed by atoms with van der Waals surface area (Å²) >= 11 is 0. The number of benzene rings is 5. The third-order valence-corrected chi connectivity index (χ3v) is 19.0. The second-order valence-corrected chi connectivity index (χ2v) is 26.2. The van der Waals surface area contributed by atoms with E-state index in [1.165, 1.54) is 82.6 Å².